The number of nitrogens with zero attached hydrogens (tertiary/aromatic N) is 1. The average Bonchev–Trinajstić information content (AvgIpc) is 1.74. The molecule has 0 saturated carbocycles. The SMILES string of the molecule is CC(C)N(C(=O)O)C(C)(C)CC(C)(C)C. The maximum atomic E-state index is 11.2. The summed E-state index contributed by atoms with van der Waals surface area (Å²) >= 11 is 0. The summed E-state index contributed by atoms with van der Waals surface area (Å²) in [7, 11) is 0. The van der Waals surface area contributed by atoms with Crippen LogP contribution in [0.2, 0.25) is 0 Å². The third-order valence-electron chi connectivity index (χ3n) is 2.34. The molecule has 0 atom stereocenters. The number of hydrogen-bond donors (Lipinski definition) is 1. The standard InChI is InChI=1S/C12H25NO2/c1-9(2)13(10(14)15)12(6,7)8-11(3,4)5/h9H,8H2,1-7H3,(H,14,15). The van der Waals surface area contributed by atoms with Crippen molar-refractivity contribution in [3.05, 3.63) is 0 Å². The summed E-state index contributed by atoms with van der Waals surface area (Å²) in [6.07, 6.45) is 0.0176. The molecule has 1 N–H and O–H groups in total. The minimum absolute atomic E-state index is 0.0137. The van der Waals surface area contributed by atoms with E-state index in [-0.39, 0.29) is 17.0 Å². The Morgan fingerprint density at radius 2 is 1.60 bits per heavy atom. The summed E-state index contributed by atoms with van der Waals surface area (Å²) in [6, 6.07) is 0.0137. The van der Waals surface area contributed by atoms with Gasteiger partial charge in [-0.2, -0.15) is 0 Å². The van der Waals surface area contributed by atoms with Crippen molar-refractivity contribution in [2.75, 3.05) is 0 Å². The minimum Gasteiger partial charge on any atom is -0.465 e. The second-order valence-electron chi connectivity index (χ2n) is 6.30. The van der Waals surface area contributed by atoms with E-state index in [0.717, 1.165) is 6.42 Å². The molecule has 3 heteroatoms. The summed E-state index contributed by atoms with van der Waals surface area (Å²) in [4.78, 5) is 12.7. The van der Waals surface area contributed by atoms with Crippen molar-refractivity contribution >= 4 is 6.09 Å². The van der Waals surface area contributed by atoms with Crippen LogP contribution in [0.1, 0.15) is 54.9 Å². The summed E-state index contributed by atoms with van der Waals surface area (Å²) in [5.74, 6) is 0. The lowest BCUT2D eigenvalue weighted by Crippen LogP contribution is -2.52. The molecule has 0 heterocycles. The Kier molecular flexibility index (Phi) is 4.20. The smallest absolute Gasteiger partial charge is 0.407 e. The zero-order valence-electron chi connectivity index (χ0n) is 11.1. The molecule has 0 fully saturated rings. The quantitative estimate of drug-likeness (QED) is 0.781. The van der Waals surface area contributed by atoms with Crippen molar-refractivity contribution in [1.82, 2.24) is 4.90 Å². The maximum Gasteiger partial charge on any atom is 0.407 e. The van der Waals surface area contributed by atoms with E-state index in [4.69, 9.17) is 0 Å². The third kappa shape index (κ3) is 4.54. The van der Waals surface area contributed by atoms with E-state index in [1.807, 2.05) is 27.7 Å². The lowest BCUT2D eigenvalue weighted by atomic mass is 9.80. The molecule has 0 unspecified atom stereocenters. The molecule has 3 nitrogen and oxygen atoms in total. The van der Waals surface area contributed by atoms with E-state index < -0.39 is 6.09 Å². The predicted octanol–water partition coefficient (Wildman–Crippen LogP) is 3.59. The first-order chi connectivity index (χ1) is 6.47. The van der Waals surface area contributed by atoms with Crippen molar-refractivity contribution in [2.24, 2.45) is 5.41 Å². The van der Waals surface area contributed by atoms with Gasteiger partial charge in [0.05, 0.1) is 0 Å². The number of carbonyl (C=O) groups is 1. The zero-order valence-corrected chi connectivity index (χ0v) is 11.1. The van der Waals surface area contributed by atoms with Gasteiger partial charge in [0.15, 0.2) is 0 Å². The van der Waals surface area contributed by atoms with Crippen LogP contribution in [0.3, 0.4) is 0 Å². The van der Waals surface area contributed by atoms with E-state index >= 15 is 0 Å². The van der Waals surface area contributed by atoms with Crippen molar-refractivity contribution in [3.8, 4) is 0 Å². The Morgan fingerprint density at radius 3 is 1.80 bits per heavy atom. The fourth-order valence-electron chi connectivity index (χ4n) is 2.56. The Bertz CT molecular complexity index is 226. The minimum atomic E-state index is -0.834. The van der Waals surface area contributed by atoms with Crippen LogP contribution in [0.5, 0.6) is 0 Å². The van der Waals surface area contributed by atoms with Crippen LogP contribution in [0.15, 0.2) is 0 Å². The first-order valence-corrected chi connectivity index (χ1v) is 5.49. The van der Waals surface area contributed by atoms with Gasteiger partial charge in [-0.3, -0.25) is 0 Å². The van der Waals surface area contributed by atoms with Crippen LogP contribution >= 0.6 is 0 Å². The van der Waals surface area contributed by atoms with Gasteiger partial charge in [0.1, 0.15) is 0 Å². The lowest BCUT2D eigenvalue weighted by molar-refractivity contribution is 0.0495. The van der Waals surface area contributed by atoms with E-state index in [1.165, 1.54) is 4.90 Å². The molecule has 1 amide bonds. The average molecular weight is 215 g/mol. The molecule has 0 aromatic carbocycles. The van der Waals surface area contributed by atoms with Gasteiger partial charge in [-0.25, -0.2) is 4.79 Å². The second kappa shape index (κ2) is 4.42. The highest BCUT2D eigenvalue weighted by atomic mass is 16.4. The second-order valence-corrected chi connectivity index (χ2v) is 6.30. The molecule has 0 bridgehead atoms. The summed E-state index contributed by atoms with van der Waals surface area (Å²) in [5, 5.41) is 9.20. The first kappa shape index (κ1) is 14.3. The molecule has 15 heavy (non-hydrogen) atoms. The molecule has 0 rings (SSSR count). The molecule has 0 aliphatic heterocycles. The molecule has 0 radical (unpaired) electrons. The summed E-state index contributed by atoms with van der Waals surface area (Å²) < 4.78 is 0. The van der Waals surface area contributed by atoms with Crippen LogP contribution in [-0.2, 0) is 0 Å². The van der Waals surface area contributed by atoms with Crippen LogP contribution in [0.25, 0.3) is 0 Å². The van der Waals surface area contributed by atoms with Gasteiger partial charge in [-0.05, 0) is 39.5 Å². The topological polar surface area (TPSA) is 40.5 Å². The van der Waals surface area contributed by atoms with Gasteiger partial charge in [-0.15, -0.1) is 0 Å². The number of hydrogen-bond acceptors (Lipinski definition) is 1. The van der Waals surface area contributed by atoms with Crippen molar-refractivity contribution in [3.63, 3.8) is 0 Å². The Labute approximate surface area is 93.5 Å². The highest BCUT2D eigenvalue weighted by Crippen LogP contribution is 2.32. The van der Waals surface area contributed by atoms with E-state index in [9.17, 15) is 9.90 Å². The first-order valence-electron chi connectivity index (χ1n) is 5.49. The summed E-state index contributed by atoms with van der Waals surface area (Å²) in [5.41, 5.74) is -0.190. The van der Waals surface area contributed by atoms with Gasteiger partial charge in [0.2, 0.25) is 0 Å². The van der Waals surface area contributed by atoms with Gasteiger partial charge in [0, 0.05) is 11.6 Å². The van der Waals surface area contributed by atoms with Crippen LogP contribution in [0, 0.1) is 5.41 Å². The monoisotopic (exact) mass is 215 g/mol. The number of amides is 1. The summed E-state index contributed by atoms with van der Waals surface area (Å²) in [6.45, 7) is 14.2. The lowest BCUT2D eigenvalue weighted by Gasteiger charge is -2.43. The fourth-order valence-corrected chi connectivity index (χ4v) is 2.56. The van der Waals surface area contributed by atoms with Crippen molar-refractivity contribution in [2.45, 2.75) is 66.5 Å². The largest absolute Gasteiger partial charge is 0.465 e. The number of rotatable bonds is 3. The Balaban J connectivity index is 4.88. The molecule has 0 aromatic heterocycles. The molecular formula is C12H25NO2. The Morgan fingerprint density at radius 1 is 1.20 bits per heavy atom. The fraction of sp³-hybridized carbons (Fsp3) is 0.917. The molecule has 0 saturated heterocycles. The maximum absolute atomic E-state index is 11.2. The molecule has 0 aliphatic carbocycles. The van der Waals surface area contributed by atoms with Gasteiger partial charge >= 0.3 is 6.09 Å². The normalized spacial score (nSPS) is 13.1. The highest BCUT2D eigenvalue weighted by molar-refractivity contribution is 5.66. The van der Waals surface area contributed by atoms with Gasteiger partial charge < -0.3 is 10.0 Å². The van der Waals surface area contributed by atoms with Crippen LogP contribution < -0.4 is 0 Å². The van der Waals surface area contributed by atoms with Crippen molar-refractivity contribution in [1.29, 1.82) is 0 Å². The van der Waals surface area contributed by atoms with E-state index in [0.29, 0.717) is 0 Å². The predicted molar refractivity (Wildman–Crippen MR) is 63.2 cm³/mol. The molecule has 0 aromatic rings. The highest BCUT2D eigenvalue weighted by Gasteiger charge is 2.36. The molecular weight excluding hydrogens is 190 g/mol. The Hall–Kier alpha value is -0.730. The molecule has 0 aliphatic rings. The zero-order chi connectivity index (χ0) is 12.4. The van der Waals surface area contributed by atoms with Crippen molar-refractivity contribution < 1.29 is 9.90 Å². The van der Waals surface area contributed by atoms with Crippen LogP contribution in [0.4, 0.5) is 4.79 Å². The molecule has 0 spiro atoms. The number of carboxylic acid groups (broad SMARTS) is 1. The van der Waals surface area contributed by atoms with Crippen LogP contribution in [-0.4, -0.2) is 27.7 Å². The van der Waals surface area contributed by atoms with E-state index in [2.05, 4.69) is 20.8 Å². The van der Waals surface area contributed by atoms with Gasteiger partial charge in [-0.1, -0.05) is 20.8 Å². The third-order valence-corrected chi connectivity index (χ3v) is 2.34. The molecule has 90 valence electrons. The van der Waals surface area contributed by atoms with E-state index in [1.54, 1.807) is 0 Å². The van der Waals surface area contributed by atoms with Gasteiger partial charge in [0.25, 0.3) is 0 Å².